The van der Waals surface area contributed by atoms with Gasteiger partial charge < -0.3 is 11.1 Å². The largest absolute Gasteiger partial charge is 0.364 e. The fraction of sp³-hybridized carbons (Fsp3) is 0.167. The topological polar surface area (TPSA) is 93.8 Å². The van der Waals surface area contributed by atoms with E-state index in [2.05, 4.69) is 20.5 Å². The fourth-order valence-electron chi connectivity index (χ4n) is 1.44. The van der Waals surface area contributed by atoms with Gasteiger partial charge >= 0.3 is 0 Å². The summed E-state index contributed by atoms with van der Waals surface area (Å²) in [5.41, 5.74) is 7.10. The molecule has 0 aromatic carbocycles. The molecule has 0 fully saturated rings. The highest BCUT2D eigenvalue weighted by Crippen LogP contribution is 2.05. The summed E-state index contributed by atoms with van der Waals surface area (Å²) in [6.07, 6.45) is 0. The quantitative estimate of drug-likeness (QED) is 0.831. The van der Waals surface area contributed by atoms with Crippen LogP contribution in [-0.2, 0) is 6.54 Å². The standard InChI is InChI=1S/C12H13N5O/c1-8-3-2-4-9(15-8)7-14-11-6-5-10(12(13)18)16-17-11/h2-6H,7H2,1H3,(H2,13,18)(H,14,17). The summed E-state index contributed by atoms with van der Waals surface area (Å²) in [4.78, 5) is 15.2. The molecule has 0 aliphatic carbocycles. The predicted octanol–water partition coefficient (Wildman–Crippen LogP) is 0.891. The van der Waals surface area contributed by atoms with Gasteiger partial charge in [-0.25, -0.2) is 0 Å². The van der Waals surface area contributed by atoms with E-state index in [-0.39, 0.29) is 5.69 Å². The summed E-state index contributed by atoms with van der Waals surface area (Å²) in [6.45, 7) is 2.48. The zero-order chi connectivity index (χ0) is 13.0. The summed E-state index contributed by atoms with van der Waals surface area (Å²) in [5, 5.41) is 10.6. The average Bonchev–Trinajstić information content (AvgIpc) is 2.37. The van der Waals surface area contributed by atoms with Gasteiger partial charge in [0.2, 0.25) is 0 Å². The Labute approximate surface area is 104 Å². The summed E-state index contributed by atoms with van der Waals surface area (Å²) in [7, 11) is 0. The van der Waals surface area contributed by atoms with Crippen molar-refractivity contribution in [3.63, 3.8) is 0 Å². The van der Waals surface area contributed by atoms with Gasteiger partial charge in [-0.05, 0) is 31.2 Å². The lowest BCUT2D eigenvalue weighted by molar-refractivity contribution is 0.0994. The molecule has 18 heavy (non-hydrogen) atoms. The summed E-state index contributed by atoms with van der Waals surface area (Å²) >= 11 is 0. The van der Waals surface area contributed by atoms with Crippen LogP contribution in [0.4, 0.5) is 5.82 Å². The Bertz CT molecular complexity index is 553. The number of nitrogens with one attached hydrogen (secondary N) is 1. The maximum atomic E-state index is 10.8. The summed E-state index contributed by atoms with van der Waals surface area (Å²) in [6, 6.07) is 8.99. The minimum atomic E-state index is -0.589. The molecule has 0 radical (unpaired) electrons. The number of carbonyl (C=O) groups excluding carboxylic acids is 1. The number of aryl methyl sites for hydroxylation is 1. The fourth-order valence-corrected chi connectivity index (χ4v) is 1.44. The highest BCUT2D eigenvalue weighted by atomic mass is 16.1. The second-order valence-electron chi connectivity index (χ2n) is 3.79. The van der Waals surface area contributed by atoms with Crippen molar-refractivity contribution in [1.82, 2.24) is 15.2 Å². The van der Waals surface area contributed by atoms with Gasteiger partial charge in [0.15, 0.2) is 5.69 Å². The predicted molar refractivity (Wildman–Crippen MR) is 66.9 cm³/mol. The van der Waals surface area contributed by atoms with Gasteiger partial charge in [-0.15, -0.1) is 10.2 Å². The number of anilines is 1. The van der Waals surface area contributed by atoms with Crippen LogP contribution in [0.1, 0.15) is 21.9 Å². The molecular formula is C12H13N5O. The Kier molecular flexibility index (Phi) is 3.47. The third-order valence-corrected chi connectivity index (χ3v) is 2.31. The maximum Gasteiger partial charge on any atom is 0.269 e. The van der Waals surface area contributed by atoms with Crippen molar-refractivity contribution in [2.24, 2.45) is 5.73 Å². The molecule has 92 valence electrons. The Hall–Kier alpha value is -2.50. The third kappa shape index (κ3) is 3.00. The highest BCUT2D eigenvalue weighted by molar-refractivity contribution is 5.90. The van der Waals surface area contributed by atoms with E-state index in [0.717, 1.165) is 11.4 Å². The number of amides is 1. The molecule has 2 rings (SSSR count). The van der Waals surface area contributed by atoms with E-state index < -0.39 is 5.91 Å². The SMILES string of the molecule is Cc1cccc(CNc2ccc(C(N)=O)nn2)n1. The molecule has 6 nitrogen and oxygen atoms in total. The second-order valence-corrected chi connectivity index (χ2v) is 3.79. The normalized spacial score (nSPS) is 10.1. The first kappa shape index (κ1) is 12.0. The maximum absolute atomic E-state index is 10.8. The lowest BCUT2D eigenvalue weighted by Crippen LogP contribution is -2.14. The van der Waals surface area contributed by atoms with Crippen molar-refractivity contribution < 1.29 is 4.79 Å². The van der Waals surface area contributed by atoms with Crippen molar-refractivity contribution in [2.45, 2.75) is 13.5 Å². The zero-order valence-electron chi connectivity index (χ0n) is 9.92. The minimum absolute atomic E-state index is 0.147. The van der Waals surface area contributed by atoms with E-state index in [1.165, 1.54) is 6.07 Å². The molecule has 0 saturated carbocycles. The van der Waals surface area contributed by atoms with Gasteiger partial charge in [-0.3, -0.25) is 9.78 Å². The minimum Gasteiger partial charge on any atom is -0.364 e. The smallest absolute Gasteiger partial charge is 0.269 e. The van der Waals surface area contributed by atoms with Crippen molar-refractivity contribution in [2.75, 3.05) is 5.32 Å². The van der Waals surface area contributed by atoms with Crippen molar-refractivity contribution in [3.8, 4) is 0 Å². The van der Waals surface area contributed by atoms with Crippen molar-refractivity contribution in [3.05, 3.63) is 47.4 Å². The van der Waals surface area contributed by atoms with E-state index >= 15 is 0 Å². The zero-order valence-corrected chi connectivity index (χ0v) is 9.92. The molecule has 0 bridgehead atoms. The summed E-state index contributed by atoms with van der Waals surface area (Å²) in [5.74, 6) is -0.0160. The van der Waals surface area contributed by atoms with E-state index in [1.807, 2.05) is 25.1 Å². The number of rotatable bonds is 4. The van der Waals surface area contributed by atoms with Gasteiger partial charge in [0, 0.05) is 5.69 Å². The molecular weight excluding hydrogens is 230 g/mol. The van der Waals surface area contributed by atoms with Gasteiger partial charge in [-0.1, -0.05) is 6.07 Å². The number of primary amides is 1. The average molecular weight is 243 g/mol. The molecule has 6 heteroatoms. The van der Waals surface area contributed by atoms with Crippen LogP contribution in [0.3, 0.4) is 0 Å². The van der Waals surface area contributed by atoms with Crippen molar-refractivity contribution in [1.29, 1.82) is 0 Å². The number of carbonyl (C=O) groups is 1. The van der Waals surface area contributed by atoms with Gasteiger partial charge in [0.25, 0.3) is 5.91 Å². The molecule has 2 aromatic rings. The molecule has 0 spiro atoms. The van der Waals surface area contributed by atoms with E-state index in [0.29, 0.717) is 12.4 Å². The van der Waals surface area contributed by atoms with Crippen LogP contribution in [0.5, 0.6) is 0 Å². The Morgan fingerprint density at radius 3 is 2.72 bits per heavy atom. The van der Waals surface area contributed by atoms with E-state index in [4.69, 9.17) is 5.73 Å². The molecule has 1 amide bonds. The Morgan fingerprint density at radius 1 is 1.28 bits per heavy atom. The molecule has 0 aliphatic heterocycles. The Balaban J connectivity index is 2.00. The molecule has 2 heterocycles. The number of hydrogen-bond donors (Lipinski definition) is 2. The van der Waals surface area contributed by atoms with Crippen LogP contribution >= 0.6 is 0 Å². The number of nitrogens with two attached hydrogens (primary N) is 1. The van der Waals surface area contributed by atoms with E-state index in [1.54, 1.807) is 6.07 Å². The number of nitrogens with zero attached hydrogens (tertiary/aromatic N) is 3. The molecule has 0 saturated heterocycles. The first-order valence-corrected chi connectivity index (χ1v) is 5.45. The van der Waals surface area contributed by atoms with Crippen molar-refractivity contribution >= 4 is 11.7 Å². The molecule has 0 atom stereocenters. The summed E-state index contributed by atoms with van der Waals surface area (Å²) < 4.78 is 0. The molecule has 2 aromatic heterocycles. The molecule has 0 aliphatic rings. The second kappa shape index (κ2) is 5.22. The first-order valence-electron chi connectivity index (χ1n) is 5.45. The Morgan fingerprint density at radius 2 is 2.11 bits per heavy atom. The van der Waals surface area contributed by atoms with Crippen LogP contribution in [-0.4, -0.2) is 21.1 Å². The number of pyridine rings is 1. The monoisotopic (exact) mass is 243 g/mol. The van der Waals surface area contributed by atoms with Crippen LogP contribution in [0.25, 0.3) is 0 Å². The third-order valence-electron chi connectivity index (χ3n) is 2.31. The first-order chi connectivity index (χ1) is 8.65. The van der Waals surface area contributed by atoms with Gasteiger partial charge in [0.1, 0.15) is 5.82 Å². The number of hydrogen-bond acceptors (Lipinski definition) is 5. The van der Waals surface area contributed by atoms with Crippen LogP contribution in [0.15, 0.2) is 30.3 Å². The van der Waals surface area contributed by atoms with E-state index in [9.17, 15) is 4.79 Å². The van der Waals surface area contributed by atoms with Crippen LogP contribution in [0, 0.1) is 6.92 Å². The highest BCUT2D eigenvalue weighted by Gasteiger charge is 2.03. The van der Waals surface area contributed by atoms with Crippen LogP contribution < -0.4 is 11.1 Å². The van der Waals surface area contributed by atoms with Gasteiger partial charge in [0.05, 0.1) is 12.2 Å². The molecule has 0 unspecified atom stereocenters. The lowest BCUT2D eigenvalue weighted by Gasteiger charge is -2.05. The molecule has 3 N–H and O–H groups in total. The number of aromatic nitrogens is 3. The van der Waals surface area contributed by atoms with Gasteiger partial charge in [-0.2, -0.15) is 0 Å². The lowest BCUT2D eigenvalue weighted by atomic mass is 10.3. The van der Waals surface area contributed by atoms with Crippen LogP contribution in [0.2, 0.25) is 0 Å².